The van der Waals surface area contributed by atoms with E-state index < -0.39 is 0 Å². The first-order chi connectivity index (χ1) is 8.78. The van der Waals surface area contributed by atoms with Gasteiger partial charge in [-0.05, 0) is 30.5 Å². The molecule has 0 unspecified atom stereocenters. The molecule has 0 aliphatic heterocycles. The lowest BCUT2D eigenvalue weighted by Gasteiger charge is -2.11. The summed E-state index contributed by atoms with van der Waals surface area (Å²) < 4.78 is 0. The largest absolute Gasteiger partial charge is 0.392 e. The smallest absolute Gasteiger partial charge is 0.230 e. The fraction of sp³-hybridized carbons (Fsp3) is 0.500. The van der Waals surface area contributed by atoms with Crippen molar-refractivity contribution in [1.29, 1.82) is 0 Å². The summed E-state index contributed by atoms with van der Waals surface area (Å²) in [4.78, 5) is 12.8. The van der Waals surface area contributed by atoms with Crippen LogP contribution in [0.25, 0.3) is 0 Å². The molecule has 0 radical (unpaired) electrons. The minimum absolute atomic E-state index is 0.0626. The summed E-state index contributed by atoms with van der Waals surface area (Å²) in [6.45, 7) is 0.0626. The maximum Gasteiger partial charge on any atom is 0.230 e. The van der Waals surface area contributed by atoms with E-state index in [4.69, 9.17) is 5.11 Å². The molecule has 18 heavy (non-hydrogen) atoms. The van der Waals surface area contributed by atoms with Gasteiger partial charge in [-0.2, -0.15) is 0 Å². The third-order valence-electron chi connectivity index (χ3n) is 3.20. The molecule has 1 amide bonds. The van der Waals surface area contributed by atoms with Gasteiger partial charge in [-0.3, -0.25) is 4.79 Å². The molecule has 1 aliphatic rings. The molecule has 0 spiro atoms. The fourth-order valence-corrected chi connectivity index (χ4v) is 2.89. The molecule has 1 aromatic carbocycles. The summed E-state index contributed by atoms with van der Waals surface area (Å²) in [5.74, 6) is 0.591. The lowest BCUT2D eigenvalue weighted by molar-refractivity contribution is -0.119. The second-order valence-corrected chi connectivity index (χ2v) is 5.69. The van der Waals surface area contributed by atoms with Crippen molar-refractivity contribution in [3.05, 3.63) is 29.8 Å². The Morgan fingerprint density at radius 2 is 1.94 bits per heavy atom. The first-order valence-corrected chi connectivity index (χ1v) is 7.38. The summed E-state index contributed by atoms with van der Waals surface area (Å²) >= 11 is 1.54. The highest BCUT2D eigenvalue weighted by molar-refractivity contribution is 8.00. The normalized spacial score (nSPS) is 15.8. The van der Waals surface area contributed by atoms with Crippen LogP contribution >= 0.6 is 11.8 Å². The predicted octanol–water partition coefficient (Wildman–Crippen LogP) is 2.33. The van der Waals surface area contributed by atoms with Gasteiger partial charge < -0.3 is 10.4 Å². The Bertz CT molecular complexity index is 385. The van der Waals surface area contributed by atoms with Crippen LogP contribution in [0, 0.1) is 0 Å². The Balaban J connectivity index is 1.74. The number of carbonyl (C=O) groups excluding carboxylic acids is 1. The average molecular weight is 265 g/mol. The van der Waals surface area contributed by atoms with Crippen molar-refractivity contribution in [1.82, 2.24) is 5.32 Å². The van der Waals surface area contributed by atoms with E-state index in [-0.39, 0.29) is 12.5 Å². The van der Waals surface area contributed by atoms with Crippen molar-refractivity contribution in [2.45, 2.75) is 43.2 Å². The van der Waals surface area contributed by atoms with Crippen LogP contribution in [0.2, 0.25) is 0 Å². The van der Waals surface area contributed by atoms with E-state index in [1.807, 2.05) is 24.3 Å². The SMILES string of the molecule is O=C(CSc1ccc(CO)cc1)NC1CCCC1. The number of hydrogen-bond donors (Lipinski definition) is 2. The standard InChI is InChI=1S/C14H19NO2S/c16-9-11-5-7-13(8-6-11)18-10-14(17)15-12-3-1-2-4-12/h5-8,12,16H,1-4,9-10H2,(H,15,17). The molecule has 0 heterocycles. The minimum Gasteiger partial charge on any atom is -0.392 e. The Morgan fingerprint density at radius 3 is 2.56 bits per heavy atom. The van der Waals surface area contributed by atoms with Gasteiger partial charge in [0.25, 0.3) is 0 Å². The zero-order valence-electron chi connectivity index (χ0n) is 10.4. The van der Waals surface area contributed by atoms with Gasteiger partial charge in [-0.25, -0.2) is 0 Å². The molecular formula is C14H19NO2S. The Morgan fingerprint density at radius 1 is 1.28 bits per heavy atom. The maximum atomic E-state index is 11.7. The van der Waals surface area contributed by atoms with Gasteiger partial charge in [0.1, 0.15) is 0 Å². The molecular weight excluding hydrogens is 246 g/mol. The van der Waals surface area contributed by atoms with Gasteiger partial charge in [0.2, 0.25) is 5.91 Å². The van der Waals surface area contributed by atoms with Crippen LogP contribution in [0.3, 0.4) is 0 Å². The van der Waals surface area contributed by atoms with Crippen LogP contribution in [0.1, 0.15) is 31.2 Å². The number of carbonyl (C=O) groups is 1. The van der Waals surface area contributed by atoms with Crippen molar-refractivity contribution < 1.29 is 9.90 Å². The Hall–Kier alpha value is -1.00. The predicted molar refractivity (Wildman–Crippen MR) is 73.5 cm³/mol. The van der Waals surface area contributed by atoms with E-state index in [9.17, 15) is 4.79 Å². The quantitative estimate of drug-likeness (QED) is 0.803. The van der Waals surface area contributed by atoms with Crippen molar-refractivity contribution in [3.8, 4) is 0 Å². The number of nitrogens with one attached hydrogen (secondary N) is 1. The first kappa shape index (κ1) is 13.4. The average Bonchev–Trinajstić information content (AvgIpc) is 2.90. The topological polar surface area (TPSA) is 49.3 Å². The third-order valence-corrected chi connectivity index (χ3v) is 4.21. The molecule has 1 saturated carbocycles. The Labute approximate surface area is 112 Å². The maximum absolute atomic E-state index is 11.7. The van der Waals surface area contributed by atoms with Gasteiger partial charge in [-0.15, -0.1) is 11.8 Å². The molecule has 1 fully saturated rings. The fourth-order valence-electron chi connectivity index (χ4n) is 2.18. The van der Waals surface area contributed by atoms with Crippen LogP contribution in [0.4, 0.5) is 0 Å². The summed E-state index contributed by atoms with van der Waals surface area (Å²) in [7, 11) is 0. The number of thioether (sulfide) groups is 1. The molecule has 98 valence electrons. The lowest BCUT2D eigenvalue weighted by Crippen LogP contribution is -2.33. The van der Waals surface area contributed by atoms with E-state index >= 15 is 0 Å². The van der Waals surface area contributed by atoms with E-state index in [1.165, 1.54) is 24.6 Å². The minimum atomic E-state index is 0.0626. The molecule has 1 aromatic rings. The third kappa shape index (κ3) is 4.03. The van der Waals surface area contributed by atoms with Crippen molar-refractivity contribution in [2.75, 3.05) is 5.75 Å². The number of rotatable bonds is 5. The van der Waals surface area contributed by atoms with E-state index in [0.29, 0.717) is 11.8 Å². The van der Waals surface area contributed by atoms with Crippen molar-refractivity contribution in [3.63, 3.8) is 0 Å². The highest BCUT2D eigenvalue weighted by Crippen LogP contribution is 2.20. The highest BCUT2D eigenvalue weighted by atomic mass is 32.2. The molecule has 3 nitrogen and oxygen atoms in total. The van der Waals surface area contributed by atoms with Crippen molar-refractivity contribution in [2.24, 2.45) is 0 Å². The monoisotopic (exact) mass is 265 g/mol. The number of aliphatic hydroxyl groups is 1. The van der Waals surface area contributed by atoms with Gasteiger partial charge in [-0.1, -0.05) is 25.0 Å². The molecule has 0 aromatic heterocycles. The molecule has 0 saturated heterocycles. The van der Waals surface area contributed by atoms with Crippen LogP contribution in [0.5, 0.6) is 0 Å². The number of amides is 1. The van der Waals surface area contributed by atoms with Crippen LogP contribution < -0.4 is 5.32 Å². The van der Waals surface area contributed by atoms with Gasteiger partial charge in [0.05, 0.1) is 12.4 Å². The first-order valence-electron chi connectivity index (χ1n) is 6.40. The molecule has 2 N–H and O–H groups in total. The molecule has 4 heteroatoms. The second-order valence-electron chi connectivity index (χ2n) is 4.64. The van der Waals surface area contributed by atoms with Gasteiger partial charge >= 0.3 is 0 Å². The van der Waals surface area contributed by atoms with Crippen molar-refractivity contribution >= 4 is 17.7 Å². The van der Waals surface area contributed by atoms with Gasteiger partial charge in [0, 0.05) is 10.9 Å². The molecule has 2 rings (SSSR count). The number of hydrogen-bond acceptors (Lipinski definition) is 3. The van der Waals surface area contributed by atoms with Crippen LogP contribution in [-0.2, 0) is 11.4 Å². The van der Waals surface area contributed by atoms with Crippen LogP contribution in [0.15, 0.2) is 29.2 Å². The van der Waals surface area contributed by atoms with E-state index in [2.05, 4.69) is 5.32 Å². The number of benzene rings is 1. The summed E-state index contributed by atoms with van der Waals surface area (Å²) in [6, 6.07) is 8.06. The second kappa shape index (κ2) is 6.81. The Kier molecular flexibility index (Phi) is 5.08. The molecule has 0 bridgehead atoms. The summed E-state index contributed by atoms with van der Waals surface area (Å²) in [5, 5.41) is 12.0. The molecule has 1 aliphatic carbocycles. The van der Waals surface area contributed by atoms with Crippen LogP contribution in [-0.4, -0.2) is 22.8 Å². The van der Waals surface area contributed by atoms with Gasteiger partial charge in [0.15, 0.2) is 0 Å². The summed E-state index contributed by atoms with van der Waals surface area (Å²) in [6.07, 6.45) is 4.73. The highest BCUT2D eigenvalue weighted by Gasteiger charge is 2.16. The lowest BCUT2D eigenvalue weighted by atomic mass is 10.2. The zero-order valence-corrected chi connectivity index (χ0v) is 11.2. The molecule has 0 atom stereocenters. The zero-order chi connectivity index (χ0) is 12.8. The summed E-state index contributed by atoms with van der Waals surface area (Å²) in [5.41, 5.74) is 0.898. The van der Waals surface area contributed by atoms with E-state index in [0.717, 1.165) is 23.3 Å². The number of aliphatic hydroxyl groups excluding tert-OH is 1. The van der Waals surface area contributed by atoms with E-state index in [1.54, 1.807) is 0 Å².